The average Bonchev–Trinajstić information content (AvgIpc) is 3.06. The zero-order valence-electron chi connectivity index (χ0n) is 13.4. The van der Waals surface area contributed by atoms with Crippen LogP contribution in [0.2, 0.25) is 0 Å². The second kappa shape index (κ2) is 8.16. The molecule has 1 aromatic rings. The van der Waals surface area contributed by atoms with E-state index in [0.29, 0.717) is 0 Å². The van der Waals surface area contributed by atoms with Crippen molar-refractivity contribution in [3.8, 4) is 0 Å². The number of hydrogen-bond acceptors (Lipinski definition) is 7. The van der Waals surface area contributed by atoms with Crippen LogP contribution in [0.4, 0.5) is 0 Å². The van der Waals surface area contributed by atoms with Gasteiger partial charge in [-0.15, -0.1) is 21.2 Å². The molecule has 0 radical (unpaired) electrons. The van der Waals surface area contributed by atoms with Crippen molar-refractivity contribution in [1.82, 2.24) is 9.80 Å². The molecular weight excluding hydrogens is 336 g/mol. The van der Waals surface area contributed by atoms with Gasteiger partial charge in [-0.25, -0.2) is 0 Å². The number of rotatable bonds is 6. The topological polar surface area (TPSA) is 65.3 Å². The van der Waals surface area contributed by atoms with Gasteiger partial charge in [-0.2, -0.15) is 0 Å². The first-order valence-corrected chi connectivity index (χ1v) is 8.45. The van der Waals surface area contributed by atoms with Crippen molar-refractivity contribution in [2.75, 3.05) is 0 Å². The molecule has 7 heteroatoms. The SMILES string of the molecule is O=NC=C1C=CN(Cc2ccc(CN3C=CC(=CN=O)C=C3)s2)C=C1. The van der Waals surface area contributed by atoms with Crippen molar-refractivity contribution < 1.29 is 0 Å². The van der Waals surface area contributed by atoms with Crippen molar-refractivity contribution in [2.24, 2.45) is 10.4 Å². The number of nitrogens with zero attached hydrogens (tertiary/aromatic N) is 4. The standard InChI is InChI=1S/C18H16N4O2S/c23-19-11-15-3-7-21(8-4-15)13-17-1-2-18(25-17)14-22-9-5-16(6-10-22)12-20-24/h1-12H,13-14H2. The van der Waals surface area contributed by atoms with E-state index in [1.165, 1.54) is 22.2 Å². The van der Waals surface area contributed by atoms with Crippen LogP contribution in [-0.2, 0) is 13.1 Å². The van der Waals surface area contributed by atoms with Crippen LogP contribution in [0, 0.1) is 9.81 Å². The van der Waals surface area contributed by atoms with Crippen LogP contribution in [0.15, 0.2) is 95.1 Å². The summed E-state index contributed by atoms with van der Waals surface area (Å²) in [5.74, 6) is 0. The van der Waals surface area contributed by atoms with Gasteiger partial charge in [-0.3, -0.25) is 0 Å². The monoisotopic (exact) mass is 352 g/mol. The van der Waals surface area contributed by atoms with Crippen LogP contribution in [-0.4, -0.2) is 9.80 Å². The Bertz CT molecular complexity index is 731. The highest BCUT2D eigenvalue weighted by Gasteiger charge is 2.08. The van der Waals surface area contributed by atoms with E-state index in [9.17, 15) is 9.81 Å². The molecule has 3 rings (SSSR count). The number of nitroso groups, excluding NO2 is 2. The van der Waals surface area contributed by atoms with Gasteiger partial charge in [0.25, 0.3) is 0 Å². The molecule has 2 aliphatic heterocycles. The van der Waals surface area contributed by atoms with Gasteiger partial charge in [-0.1, -0.05) is 0 Å². The predicted octanol–water partition coefficient (Wildman–Crippen LogP) is 4.73. The Morgan fingerprint density at radius 2 is 1.16 bits per heavy atom. The van der Waals surface area contributed by atoms with Gasteiger partial charge in [0.05, 0.1) is 25.5 Å². The summed E-state index contributed by atoms with van der Waals surface area (Å²) >= 11 is 1.76. The zero-order chi connectivity index (χ0) is 17.5. The van der Waals surface area contributed by atoms with E-state index in [1.807, 2.05) is 49.1 Å². The van der Waals surface area contributed by atoms with Gasteiger partial charge in [0.15, 0.2) is 0 Å². The molecule has 0 N–H and O–H groups in total. The lowest BCUT2D eigenvalue weighted by molar-refractivity contribution is 0.501. The lowest BCUT2D eigenvalue weighted by Gasteiger charge is -2.18. The van der Waals surface area contributed by atoms with E-state index >= 15 is 0 Å². The summed E-state index contributed by atoms with van der Waals surface area (Å²) in [7, 11) is 0. The maximum Gasteiger partial charge on any atom is 0.0788 e. The average molecular weight is 352 g/mol. The molecule has 0 bridgehead atoms. The molecule has 0 atom stereocenters. The third-order valence-corrected chi connectivity index (χ3v) is 4.69. The maximum absolute atomic E-state index is 10.2. The molecule has 2 aliphatic rings. The normalized spacial score (nSPS) is 15.7. The molecule has 126 valence electrons. The molecule has 0 fully saturated rings. The minimum absolute atomic E-state index is 0.781. The molecular formula is C18H16N4O2S. The highest BCUT2D eigenvalue weighted by Crippen LogP contribution is 2.23. The number of hydrogen-bond donors (Lipinski definition) is 0. The van der Waals surface area contributed by atoms with Crippen molar-refractivity contribution in [2.45, 2.75) is 13.1 Å². The molecule has 6 nitrogen and oxygen atoms in total. The number of allylic oxidation sites excluding steroid dienone is 6. The Morgan fingerprint density at radius 1 is 0.760 bits per heavy atom. The summed E-state index contributed by atoms with van der Waals surface area (Å²) in [4.78, 5) is 27.1. The summed E-state index contributed by atoms with van der Waals surface area (Å²) < 4.78 is 0. The minimum Gasteiger partial charge on any atom is -0.349 e. The second-order valence-corrected chi connectivity index (χ2v) is 6.70. The lowest BCUT2D eigenvalue weighted by Crippen LogP contribution is -2.10. The Kier molecular flexibility index (Phi) is 5.48. The quantitative estimate of drug-likeness (QED) is 0.694. The molecule has 0 aromatic carbocycles. The summed E-state index contributed by atoms with van der Waals surface area (Å²) in [6.07, 6.45) is 17.7. The van der Waals surface area contributed by atoms with E-state index < -0.39 is 0 Å². The van der Waals surface area contributed by atoms with Gasteiger partial charge >= 0.3 is 0 Å². The summed E-state index contributed by atoms with van der Waals surface area (Å²) in [6, 6.07) is 4.25. The predicted molar refractivity (Wildman–Crippen MR) is 99.7 cm³/mol. The second-order valence-electron chi connectivity index (χ2n) is 5.44. The van der Waals surface area contributed by atoms with Crippen molar-refractivity contribution in [1.29, 1.82) is 0 Å². The van der Waals surface area contributed by atoms with Crippen molar-refractivity contribution >= 4 is 11.3 Å². The van der Waals surface area contributed by atoms with Crippen molar-refractivity contribution in [3.63, 3.8) is 0 Å². The minimum atomic E-state index is 0.781. The van der Waals surface area contributed by atoms with E-state index in [-0.39, 0.29) is 0 Å². The van der Waals surface area contributed by atoms with Crippen LogP contribution in [0.3, 0.4) is 0 Å². The fourth-order valence-corrected chi connectivity index (χ4v) is 3.43. The third-order valence-electron chi connectivity index (χ3n) is 3.63. The van der Waals surface area contributed by atoms with Gasteiger partial charge in [0, 0.05) is 34.6 Å². The van der Waals surface area contributed by atoms with Crippen LogP contribution < -0.4 is 0 Å². The summed E-state index contributed by atoms with van der Waals surface area (Å²) in [6.45, 7) is 1.56. The molecule has 0 aliphatic carbocycles. The van der Waals surface area contributed by atoms with Gasteiger partial charge in [-0.05, 0) is 57.9 Å². The Morgan fingerprint density at radius 3 is 1.52 bits per heavy atom. The van der Waals surface area contributed by atoms with Crippen molar-refractivity contribution in [3.05, 3.63) is 104 Å². The first-order valence-electron chi connectivity index (χ1n) is 7.64. The van der Waals surface area contributed by atoms with Crippen LogP contribution in [0.1, 0.15) is 9.75 Å². The fraction of sp³-hybridized carbons (Fsp3) is 0.111. The largest absolute Gasteiger partial charge is 0.349 e. The highest BCUT2D eigenvalue weighted by atomic mass is 32.1. The van der Waals surface area contributed by atoms with Crippen LogP contribution >= 0.6 is 11.3 Å². The zero-order valence-corrected chi connectivity index (χ0v) is 14.2. The van der Waals surface area contributed by atoms with Gasteiger partial charge in [0.1, 0.15) is 0 Å². The summed E-state index contributed by atoms with van der Waals surface area (Å²) in [5.41, 5.74) is 1.58. The van der Waals surface area contributed by atoms with Crippen LogP contribution in [0.25, 0.3) is 0 Å². The van der Waals surface area contributed by atoms with Gasteiger partial charge in [0.2, 0.25) is 0 Å². The third kappa shape index (κ3) is 4.71. The highest BCUT2D eigenvalue weighted by molar-refractivity contribution is 7.11. The summed E-state index contributed by atoms with van der Waals surface area (Å²) in [5, 5.41) is 5.54. The molecule has 0 saturated heterocycles. The fourth-order valence-electron chi connectivity index (χ4n) is 2.39. The Labute approximate surface area is 149 Å². The first-order chi connectivity index (χ1) is 12.3. The van der Waals surface area contributed by atoms with E-state index in [1.54, 1.807) is 11.3 Å². The van der Waals surface area contributed by atoms with E-state index in [0.717, 1.165) is 24.2 Å². The Hall–Kier alpha value is -3.06. The maximum atomic E-state index is 10.2. The smallest absolute Gasteiger partial charge is 0.0788 e. The Balaban J connectivity index is 1.55. The van der Waals surface area contributed by atoms with E-state index in [4.69, 9.17) is 0 Å². The first kappa shape index (κ1) is 16.8. The molecule has 3 heterocycles. The molecule has 0 spiro atoms. The number of thiophene rings is 1. The van der Waals surface area contributed by atoms with Crippen LogP contribution in [0.5, 0.6) is 0 Å². The lowest BCUT2D eigenvalue weighted by atomic mass is 10.2. The molecule has 25 heavy (non-hydrogen) atoms. The molecule has 0 amide bonds. The molecule has 1 aromatic heterocycles. The van der Waals surface area contributed by atoms with E-state index in [2.05, 4.69) is 32.3 Å². The van der Waals surface area contributed by atoms with Gasteiger partial charge < -0.3 is 9.80 Å². The molecule has 0 saturated carbocycles. The molecule has 0 unspecified atom stereocenters.